The molecule has 1 aromatic rings. The molecular formula is C9H9F4NO2S2. The number of hydrogen-bond acceptors (Lipinski definition) is 4. The molecule has 0 radical (unpaired) electrons. The third-order valence-electron chi connectivity index (χ3n) is 1.91. The van der Waals surface area contributed by atoms with Gasteiger partial charge in [-0.1, -0.05) is 0 Å². The van der Waals surface area contributed by atoms with Gasteiger partial charge in [0.25, 0.3) is 0 Å². The van der Waals surface area contributed by atoms with Gasteiger partial charge in [-0.05, 0) is 30.0 Å². The van der Waals surface area contributed by atoms with E-state index < -0.39 is 49.3 Å². The number of rotatable bonds is 4. The molecule has 0 saturated heterocycles. The first-order valence-corrected chi connectivity index (χ1v) is 7.24. The first-order chi connectivity index (χ1) is 8.12. The molecule has 0 heterocycles. The molecule has 0 aliphatic heterocycles. The Labute approximate surface area is 105 Å². The zero-order valence-electron chi connectivity index (χ0n) is 8.87. The van der Waals surface area contributed by atoms with Gasteiger partial charge in [0.2, 0.25) is 0 Å². The van der Waals surface area contributed by atoms with E-state index in [1.165, 1.54) is 6.07 Å². The van der Waals surface area contributed by atoms with E-state index in [9.17, 15) is 26.0 Å². The minimum absolute atomic E-state index is 0.0381. The summed E-state index contributed by atoms with van der Waals surface area (Å²) in [6, 6.07) is 2.93. The Morgan fingerprint density at radius 3 is 2.39 bits per heavy atom. The third-order valence-corrected chi connectivity index (χ3v) is 4.65. The van der Waals surface area contributed by atoms with Crippen LogP contribution in [-0.2, 0) is 9.84 Å². The topological polar surface area (TPSA) is 60.2 Å². The number of sulfone groups is 1. The van der Waals surface area contributed by atoms with Crippen LogP contribution < -0.4 is 5.73 Å². The van der Waals surface area contributed by atoms with Gasteiger partial charge >= 0.3 is 5.51 Å². The van der Waals surface area contributed by atoms with E-state index in [4.69, 9.17) is 5.73 Å². The fraction of sp³-hybridized carbons (Fsp3) is 0.333. The second-order valence-corrected chi connectivity index (χ2v) is 6.54. The van der Waals surface area contributed by atoms with Crippen molar-refractivity contribution in [2.75, 3.05) is 17.2 Å². The number of anilines is 1. The van der Waals surface area contributed by atoms with E-state index in [0.29, 0.717) is 0 Å². The number of nitrogens with two attached hydrogens (primary N) is 1. The highest BCUT2D eigenvalue weighted by molar-refractivity contribution is 8.01. The normalized spacial score (nSPS) is 12.7. The molecule has 0 fully saturated rings. The standard InChI is InChI=1S/C9H9F4NO2S2/c10-7-5-6(14)1-2-8(7)18(15,16)4-3-17-9(11,12)13/h1-2,5H,3-4,14H2. The van der Waals surface area contributed by atoms with Crippen molar-refractivity contribution in [2.24, 2.45) is 0 Å². The lowest BCUT2D eigenvalue weighted by Crippen LogP contribution is -2.13. The van der Waals surface area contributed by atoms with Gasteiger partial charge in [0, 0.05) is 11.4 Å². The van der Waals surface area contributed by atoms with Gasteiger partial charge < -0.3 is 5.73 Å². The molecule has 0 aliphatic rings. The Hall–Kier alpha value is -0.960. The van der Waals surface area contributed by atoms with Crippen LogP contribution in [0.25, 0.3) is 0 Å². The van der Waals surface area contributed by atoms with Gasteiger partial charge in [-0.15, -0.1) is 0 Å². The van der Waals surface area contributed by atoms with Crippen LogP contribution in [0, 0.1) is 5.82 Å². The zero-order chi connectivity index (χ0) is 14.0. The fourth-order valence-electron chi connectivity index (χ4n) is 1.15. The molecule has 18 heavy (non-hydrogen) atoms. The Kier molecular flexibility index (Phi) is 4.49. The first kappa shape index (κ1) is 15.1. The number of thioether (sulfide) groups is 1. The summed E-state index contributed by atoms with van der Waals surface area (Å²) in [4.78, 5) is -0.639. The van der Waals surface area contributed by atoms with Crippen LogP contribution >= 0.6 is 11.8 Å². The molecule has 3 nitrogen and oxygen atoms in total. The van der Waals surface area contributed by atoms with E-state index in [2.05, 4.69) is 0 Å². The molecule has 0 aromatic heterocycles. The predicted molar refractivity (Wildman–Crippen MR) is 61.4 cm³/mol. The lowest BCUT2D eigenvalue weighted by Gasteiger charge is -2.07. The van der Waals surface area contributed by atoms with Crippen LogP contribution in [0.2, 0.25) is 0 Å². The van der Waals surface area contributed by atoms with Gasteiger partial charge in [-0.25, -0.2) is 12.8 Å². The molecule has 0 atom stereocenters. The second-order valence-electron chi connectivity index (χ2n) is 3.30. The van der Waals surface area contributed by atoms with Crippen LogP contribution in [0.4, 0.5) is 23.2 Å². The summed E-state index contributed by atoms with van der Waals surface area (Å²) in [6.07, 6.45) is 0. The van der Waals surface area contributed by atoms with Crippen molar-refractivity contribution in [3.8, 4) is 0 Å². The summed E-state index contributed by atoms with van der Waals surface area (Å²) in [5.41, 5.74) is 0.774. The maximum atomic E-state index is 13.3. The SMILES string of the molecule is Nc1ccc(S(=O)(=O)CCSC(F)(F)F)c(F)c1. The zero-order valence-corrected chi connectivity index (χ0v) is 10.5. The third kappa shape index (κ3) is 4.37. The van der Waals surface area contributed by atoms with E-state index in [0.717, 1.165) is 12.1 Å². The molecule has 0 bridgehead atoms. The molecule has 0 saturated carbocycles. The summed E-state index contributed by atoms with van der Waals surface area (Å²) in [6.45, 7) is 0. The van der Waals surface area contributed by atoms with Crippen molar-refractivity contribution < 1.29 is 26.0 Å². The van der Waals surface area contributed by atoms with Crippen LogP contribution in [0.15, 0.2) is 23.1 Å². The van der Waals surface area contributed by atoms with E-state index in [1.54, 1.807) is 0 Å². The highest BCUT2D eigenvalue weighted by Crippen LogP contribution is 2.30. The molecular weight excluding hydrogens is 294 g/mol. The summed E-state index contributed by atoms with van der Waals surface area (Å²) in [5.74, 6) is -2.54. The number of benzene rings is 1. The van der Waals surface area contributed by atoms with Crippen molar-refractivity contribution in [3.63, 3.8) is 0 Å². The molecule has 9 heteroatoms. The summed E-state index contributed by atoms with van der Waals surface area (Å²) >= 11 is -0.462. The number of alkyl halides is 3. The van der Waals surface area contributed by atoms with Crippen LogP contribution in [0.3, 0.4) is 0 Å². The average Bonchev–Trinajstić information content (AvgIpc) is 2.13. The van der Waals surface area contributed by atoms with Crippen molar-refractivity contribution in [1.82, 2.24) is 0 Å². The second kappa shape index (κ2) is 5.35. The van der Waals surface area contributed by atoms with Gasteiger partial charge in [0.15, 0.2) is 9.84 Å². The quantitative estimate of drug-likeness (QED) is 0.685. The Morgan fingerprint density at radius 1 is 1.28 bits per heavy atom. The lowest BCUT2D eigenvalue weighted by atomic mass is 10.3. The molecule has 1 aromatic carbocycles. The number of halogens is 4. The first-order valence-electron chi connectivity index (χ1n) is 4.60. The van der Waals surface area contributed by atoms with E-state index in [1.807, 2.05) is 0 Å². The summed E-state index contributed by atoms with van der Waals surface area (Å²) < 4.78 is 72.0. The Bertz CT molecular complexity index is 528. The highest BCUT2D eigenvalue weighted by Gasteiger charge is 2.29. The molecule has 0 unspecified atom stereocenters. The van der Waals surface area contributed by atoms with Crippen LogP contribution in [0.5, 0.6) is 0 Å². The number of nitrogen functional groups attached to an aromatic ring is 1. The van der Waals surface area contributed by atoms with Crippen LogP contribution in [-0.4, -0.2) is 25.4 Å². The highest BCUT2D eigenvalue weighted by atomic mass is 32.2. The molecule has 102 valence electrons. The molecule has 0 aliphatic carbocycles. The van der Waals surface area contributed by atoms with Gasteiger partial charge in [0.1, 0.15) is 10.7 Å². The maximum Gasteiger partial charge on any atom is 0.441 e. The van der Waals surface area contributed by atoms with E-state index in [-0.39, 0.29) is 5.69 Å². The van der Waals surface area contributed by atoms with Crippen LogP contribution in [0.1, 0.15) is 0 Å². The van der Waals surface area contributed by atoms with Crippen molar-refractivity contribution in [1.29, 1.82) is 0 Å². The molecule has 1 rings (SSSR count). The Balaban J connectivity index is 2.81. The molecule has 0 amide bonds. The van der Waals surface area contributed by atoms with Crippen molar-refractivity contribution in [2.45, 2.75) is 10.4 Å². The predicted octanol–water partition coefficient (Wildman–Crippen LogP) is 2.43. The molecule has 0 spiro atoms. The Morgan fingerprint density at radius 2 is 1.89 bits per heavy atom. The fourth-order valence-corrected chi connectivity index (χ4v) is 3.44. The van der Waals surface area contributed by atoms with Crippen molar-refractivity contribution >= 4 is 27.3 Å². The van der Waals surface area contributed by atoms with Gasteiger partial charge in [0.05, 0.1) is 5.75 Å². The van der Waals surface area contributed by atoms with Crippen molar-refractivity contribution in [3.05, 3.63) is 24.0 Å². The van der Waals surface area contributed by atoms with Gasteiger partial charge in [-0.2, -0.15) is 13.2 Å². The summed E-state index contributed by atoms with van der Waals surface area (Å²) in [7, 11) is -4.08. The van der Waals surface area contributed by atoms with Gasteiger partial charge in [-0.3, -0.25) is 0 Å². The number of hydrogen-bond donors (Lipinski definition) is 1. The summed E-state index contributed by atoms with van der Waals surface area (Å²) in [5, 5.41) is 0. The minimum atomic E-state index is -4.50. The average molecular weight is 303 g/mol. The lowest BCUT2D eigenvalue weighted by molar-refractivity contribution is -0.0326. The largest absolute Gasteiger partial charge is 0.441 e. The smallest absolute Gasteiger partial charge is 0.399 e. The monoisotopic (exact) mass is 303 g/mol. The maximum absolute atomic E-state index is 13.3. The van der Waals surface area contributed by atoms with E-state index >= 15 is 0 Å². The minimum Gasteiger partial charge on any atom is -0.399 e. The molecule has 2 N–H and O–H groups in total.